The Morgan fingerprint density at radius 2 is 1.85 bits per heavy atom. The summed E-state index contributed by atoms with van der Waals surface area (Å²) in [5.74, 6) is 0.804. The van der Waals surface area contributed by atoms with Crippen molar-refractivity contribution in [3.63, 3.8) is 0 Å². The van der Waals surface area contributed by atoms with E-state index in [4.69, 9.17) is 0 Å². The van der Waals surface area contributed by atoms with Gasteiger partial charge in [0.2, 0.25) is 11.8 Å². The molecule has 7 nitrogen and oxygen atoms in total. The fourth-order valence-electron chi connectivity index (χ4n) is 6.20. The van der Waals surface area contributed by atoms with E-state index in [1.54, 1.807) is 19.1 Å². The van der Waals surface area contributed by atoms with Crippen LogP contribution in [0.3, 0.4) is 0 Å². The van der Waals surface area contributed by atoms with Gasteiger partial charge in [-0.1, -0.05) is 6.07 Å². The highest BCUT2D eigenvalue weighted by Gasteiger charge is 2.60. The molecule has 0 spiro atoms. The molecule has 0 aromatic heterocycles. The van der Waals surface area contributed by atoms with Crippen molar-refractivity contribution in [3.8, 4) is 0 Å². The van der Waals surface area contributed by atoms with Crippen molar-refractivity contribution in [2.45, 2.75) is 57.9 Å². The molecule has 4 fully saturated rings. The fourth-order valence-corrected chi connectivity index (χ4v) is 6.20. The Balaban J connectivity index is 1.59. The third-order valence-corrected chi connectivity index (χ3v) is 6.65. The second-order valence-electron chi connectivity index (χ2n) is 8.92. The number of nitrogens with zero attached hydrogens (tertiary/aromatic N) is 1. The largest absolute Gasteiger partial charge is 0.351 e. The van der Waals surface area contributed by atoms with Gasteiger partial charge in [-0.15, -0.1) is 0 Å². The minimum absolute atomic E-state index is 0.00743. The lowest BCUT2D eigenvalue weighted by atomic mass is 9.46. The molecule has 7 heteroatoms. The van der Waals surface area contributed by atoms with Gasteiger partial charge in [0.25, 0.3) is 5.69 Å². The summed E-state index contributed by atoms with van der Waals surface area (Å²) in [6.07, 6.45) is 5.37. The summed E-state index contributed by atoms with van der Waals surface area (Å²) in [4.78, 5) is 35.8. The van der Waals surface area contributed by atoms with E-state index in [0.29, 0.717) is 29.5 Å². The summed E-state index contributed by atoms with van der Waals surface area (Å²) < 4.78 is 0. The summed E-state index contributed by atoms with van der Waals surface area (Å²) in [7, 11) is 0. The van der Waals surface area contributed by atoms with Crippen LogP contribution in [-0.4, -0.2) is 22.3 Å². The predicted molar refractivity (Wildman–Crippen MR) is 100 cm³/mol. The lowest BCUT2D eigenvalue weighted by Crippen LogP contribution is -2.65. The highest BCUT2D eigenvalue weighted by Crippen LogP contribution is 2.61. The molecule has 2 amide bonds. The van der Waals surface area contributed by atoms with Crippen LogP contribution >= 0.6 is 0 Å². The standard InChI is InChI=1S/C20H25N3O4/c1-12-3-4-16(6-17(12)23(26)27)21-18(25)19-7-14-5-15(8-19)10-20(9-14,11-19)22-13(2)24/h3-4,6,14-15H,5,7-11H2,1-2H3,(H,21,25)(H,22,24)/t14-,15+,19?,20?. The summed E-state index contributed by atoms with van der Waals surface area (Å²) in [6, 6.07) is 4.80. The molecule has 2 N–H and O–H groups in total. The molecule has 1 aromatic rings. The van der Waals surface area contributed by atoms with Crippen molar-refractivity contribution in [1.82, 2.24) is 5.32 Å². The van der Waals surface area contributed by atoms with E-state index < -0.39 is 10.3 Å². The van der Waals surface area contributed by atoms with Crippen LogP contribution in [0.2, 0.25) is 0 Å². The zero-order valence-electron chi connectivity index (χ0n) is 15.7. The van der Waals surface area contributed by atoms with Crippen LogP contribution in [0.4, 0.5) is 11.4 Å². The molecular weight excluding hydrogens is 346 g/mol. The van der Waals surface area contributed by atoms with E-state index in [1.807, 2.05) is 0 Å². The van der Waals surface area contributed by atoms with Crippen LogP contribution in [-0.2, 0) is 9.59 Å². The van der Waals surface area contributed by atoms with Gasteiger partial charge in [-0.25, -0.2) is 0 Å². The topological polar surface area (TPSA) is 101 Å². The molecule has 4 bridgehead atoms. The van der Waals surface area contributed by atoms with Gasteiger partial charge in [-0.3, -0.25) is 19.7 Å². The molecule has 0 radical (unpaired) electrons. The molecule has 5 rings (SSSR count). The number of nitrogens with one attached hydrogen (secondary N) is 2. The number of hydrogen-bond donors (Lipinski definition) is 2. The van der Waals surface area contributed by atoms with Gasteiger partial charge < -0.3 is 10.6 Å². The molecule has 4 saturated carbocycles. The number of nitro benzene ring substituents is 1. The maximum Gasteiger partial charge on any atom is 0.274 e. The number of carbonyl (C=O) groups excluding carboxylic acids is 2. The molecule has 1 aromatic carbocycles. The Morgan fingerprint density at radius 3 is 2.44 bits per heavy atom. The number of anilines is 1. The Kier molecular flexibility index (Phi) is 4.01. The minimum Gasteiger partial charge on any atom is -0.351 e. The summed E-state index contributed by atoms with van der Waals surface area (Å²) >= 11 is 0. The predicted octanol–water partition coefficient (Wildman–Crippen LogP) is 3.32. The molecule has 0 saturated heterocycles. The lowest BCUT2D eigenvalue weighted by molar-refractivity contribution is -0.385. The number of carbonyl (C=O) groups is 2. The molecule has 0 aliphatic heterocycles. The lowest BCUT2D eigenvalue weighted by Gasteiger charge is -2.61. The second kappa shape index (κ2) is 6.04. The Hall–Kier alpha value is -2.44. The molecule has 2 unspecified atom stereocenters. The third kappa shape index (κ3) is 3.09. The summed E-state index contributed by atoms with van der Waals surface area (Å²) in [5, 5.41) is 17.3. The van der Waals surface area contributed by atoms with Gasteiger partial charge in [0.05, 0.1) is 10.3 Å². The monoisotopic (exact) mass is 371 g/mol. The zero-order valence-corrected chi connectivity index (χ0v) is 15.7. The molecule has 4 aliphatic rings. The van der Waals surface area contributed by atoms with Crippen LogP contribution in [0, 0.1) is 34.3 Å². The fraction of sp³-hybridized carbons (Fsp3) is 0.600. The number of nitro groups is 1. The van der Waals surface area contributed by atoms with Crippen LogP contribution in [0.5, 0.6) is 0 Å². The summed E-state index contributed by atoms with van der Waals surface area (Å²) in [6.45, 7) is 3.22. The van der Waals surface area contributed by atoms with Crippen LogP contribution in [0.15, 0.2) is 18.2 Å². The Morgan fingerprint density at radius 1 is 1.19 bits per heavy atom. The highest BCUT2D eigenvalue weighted by atomic mass is 16.6. The van der Waals surface area contributed by atoms with Crippen molar-refractivity contribution in [3.05, 3.63) is 33.9 Å². The number of aryl methyl sites for hydroxylation is 1. The van der Waals surface area contributed by atoms with Crippen LogP contribution in [0.25, 0.3) is 0 Å². The second-order valence-corrected chi connectivity index (χ2v) is 8.92. The van der Waals surface area contributed by atoms with Gasteiger partial charge in [-0.2, -0.15) is 0 Å². The quantitative estimate of drug-likeness (QED) is 0.626. The van der Waals surface area contributed by atoms with Crippen molar-refractivity contribution in [2.75, 3.05) is 5.32 Å². The number of hydrogen-bond acceptors (Lipinski definition) is 4. The molecule has 4 aliphatic carbocycles. The zero-order chi connectivity index (χ0) is 19.4. The maximum atomic E-state index is 13.3. The molecule has 4 atom stereocenters. The molecule has 144 valence electrons. The van der Waals surface area contributed by atoms with E-state index >= 15 is 0 Å². The maximum absolute atomic E-state index is 13.3. The van der Waals surface area contributed by atoms with Crippen molar-refractivity contribution in [1.29, 1.82) is 0 Å². The first-order valence-electron chi connectivity index (χ1n) is 9.56. The van der Waals surface area contributed by atoms with Crippen molar-refractivity contribution >= 4 is 23.2 Å². The normalized spacial score (nSPS) is 33.6. The highest BCUT2D eigenvalue weighted by molar-refractivity contribution is 5.96. The van der Waals surface area contributed by atoms with Gasteiger partial charge in [-0.05, 0) is 63.4 Å². The Labute approximate surface area is 158 Å². The third-order valence-electron chi connectivity index (χ3n) is 6.65. The average Bonchev–Trinajstić information content (AvgIpc) is 2.53. The summed E-state index contributed by atoms with van der Waals surface area (Å²) in [5.41, 5.74) is 0.269. The SMILES string of the molecule is CC(=O)NC12C[C@H]3C[C@@H](C1)CC(C(=O)Nc1ccc(C)c([N+](=O)[O-])c1)(C3)C2. The van der Waals surface area contributed by atoms with Crippen molar-refractivity contribution in [2.24, 2.45) is 17.3 Å². The molecule has 27 heavy (non-hydrogen) atoms. The van der Waals surface area contributed by atoms with E-state index in [1.165, 1.54) is 13.0 Å². The van der Waals surface area contributed by atoms with Gasteiger partial charge >= 0.3 is 0 Å². The van der Waals surface area contributed by atoms with Crippen LogP contribution in [0.1, 0.15) is 51.0 Å². The number of amides is 2. The van der Waals surface area contributed by atoms with Gasteiger partial charge in [0.1, 0.15) is 0 Å². The average molecular weight is 371 g/mol. The molecular formula is C20H25N3O4. The first-order chi connectivity index (χ1) is 12.7. The van der Waals surface area contributed by atoms with E-state index in [-0.39, 0.29) is 23.0 Å². The van der Waals surface area contributed by atoms with E-state index in [0.717, 1.165) is 32.1 Å². The van der Waals surface area contributed by atoms with Gasteiger partial charge in [0, 0.05) is 29.8 Å². The minimum atomic E-state index is -0.494. The number of benzene rings is 1. The smallest absolute Gasteiger partial charge is 0.274 e. The van der Waals surface area contributed by atoms with E-state index in [9.17, 15) is 19.7 Å². The first kappa shape index (κ1) is 17.9. The molecule has 0 heterocycles. The van der Waals surface area contributed by atoms with Gasteiger partial charge in [0.15, 0.2) is 0 Å². The Bertz CT molecular complexity index is 821. The first-order valence-corrected chi connectivity index (χ1v) is 9.56. The van der Waals surface area contributed by atoms with Crippen LogP contribution < -0.4 is 10.6 Å². The van der Waals surface area contributed by atoms with E-state index in [2.05, 4.69) is 10.6 Å². The number of rotatable bonds is 4. The van der Waals surface area contributed by atoms with Crippen molar-refractivity contribution < 1.29 is 14.5 Å².